The monoisotopic (exact) mass is 335 g/mol. The minimum Gasteiger partial charge on any atom is -0.322 e. The van der Waals surface area contributed by atoms with Crippen LogP contribution in [0.5, 0.6) is 0 Å². The number of carbonyl (C=O) groups excluding carboxylic acids is 1. The van der Waals surface area contributed by atoms with Crippen molar-refractivity contribution in [1.29, 1.82) is 0 Å². The van der Waals surface area contributed by atoms with Crippen molar-refractivity contribution < 1.29 is 18.0 Å². The van der Waals surface area contributed by atoms with E-state index in [1.54, 1.807) is 0 Å². The number of hydrogen-bond donors (Lipinski definition) is 2. The molecular formula is C17H16F3N3O. The Morgan fingerprint density at radius 3 is 2.33 bits per heavy atom. The molecule has 7 heteroatoms. The molecule has 0 aliphatic heterocycles. The van der Waals surface area contributed by atoms with Crippen LogP contribution in [0.1, 0.15) is 42.9 Å². The molecule has 2 aliphatic carbocycles. The summed E-state index contributed by atoms with van der Waals surface area (Å²) in [6, 6.07) is 4.85. The number of halogens is 3. The Kier molecular flexibility index (Phi) is 3.40. The van der Waals surface area contributed by atoms with E-state index >= 15 is 0 Å². The van der Waals surface area contributed by atoms with Crippen LogP contribution in [-0.4, -0.2) is 16.1 Å². The van der Waals surface area contributed by atoms with Crippen molar-refractivity contribution >= 4 is 11.6 Å². The first-order valence-corrected chi connectivity index (χ1v) is 8.00. The molecule has 0 unspecified atom stereocenters. The molecule has 0 spiro atoms. The van der Waals surface area contributed by atoms with Crippen LogP contribution in [0.25, 0.3) is 11.3 Å². The maximum Gasteiger partial charge on any atom is 0.416 e. The Hall–Kier alpha value is -2.31. The number of anilines is 1. The Bertz CT molecular complexity index is 771. The number of alkyl halides is 3. The summed E-state index contributed by atoms with van der Waals surface area (Å²) in [4.78, 5) is 12.1. The Balaban J connectivity index is 1.67. The van der Waals surface area contributed by atoms with Crippen LogP contribution in [-0.2, 0) is 11.0 Å². The van der Waals surface area contributed by atoms with Gasteiger partial charge < -0.3 is 5.32 Å². The van der Waals surface area contributed by atoms with E-state index in [9.17, 15) is 18.0 Å². The first-order valence-electron chi connectivity index (χ1n) is 8.00. The lowest BCUT2D eigenvalue weighted by atomic mass is 10.1. The standard InChI is InChI=1S/C17H16F3N3O/c18-17(19,20)12-7-5-10(6-8-12)14-15(21-16(24)11-3-4-11)13(22-23-14)9-1-2-9/h5-9,11H,1-4H2,(H,21,24)(H,22,23). The third-order valence-corrected chi connectivity index (χ3v) is 4.46. The lowest BCUT2D eigenvalue weighted by Crippen LogP contribution is -2.14. The Labute approximate surface area is 136 Å². The first-order chi connectivity index (χ1) is 11.4. The number of nitrogens with zero attached hydrogens (tertiary/aromatic N) is 1. The van der Waals surface area contributed by atoms with Crippen molar-refractivity contribution in [3.05, 3.63) is 35.5 Å². The molecule has 2 fully saturated rings. The van der Waals surface area contributed by atoms with Crippen molar-refractivity contribution in [2.45, 2.75) is 37.8 Å². The highest BCUT2D eigenvalue weighted by Gasteiger charge is 2.35. The van der Waals surface area contributed by atoms with Crippen LogP contribution >= 0.6 is 0 Å². The molecule has 126 valence electrons. The Morgan fingerprint density at radius 1 is 1.12 bits per heavy atom. The molecule has 1 amide bonds. The second-order valence-corrected chi connectivity index (χ2v) is 6.47. The molecule has 0 bridgehead atoms. The molecule has 2 aromatic rings. The van der Waals surface area contributed by atoms with Crippen molar-refractivity contribution in [1.82, 2.24) is 10.2 Å². The summed E-state index contributed by atoms with van der Waals surface area (Å²) in [5.74, 6) is 0.356. The fourth-order valence-corrected chi connectivity index (χ4v) is 2.75. The average molecular weight is 335 g/mol. The van der Waals surface area contributed by atoms with Gasteiger partial charge in [-0.25, -0.2) is 0 Å². The largest absolute Gasteiger partial charge is 0.416 e. The number of carbonyl (C=O) groups is 1. The number of aromatic nitrogens is 2. The minimum atomic E-state index is -4.37. The Morgan fingerprint density at radius 2 is 1.79 bits per heavy atom. The number of H-pyrrole nitrogens is 1. The molecular weight excluding hydrogens is 319 g/mol. The van der Waals surface area contributed by atoms with E-state index in [1.807, 2.05) is 0 Å². The SMILES string of the molecule is O=C(Nc1c(-c2ccc(C(F)(F)F)cc2)n[nH]c1C1CC1)C1CC1. The van der Waals surface area contributed by atoms with Gasteiger partial charge in [-0.15, -0.1) is 0 Å². The molecule has 1 heterocycles. The van der Waals surface area contributed by atoms with Gasteiger partial charge in [-0.2, -0.15) is 18.3 Å². The summed E-state index contributed by atoms with van der Waals surface area (Å²) >= 11 is 0. The zero-order valence-electron chi connectivity index (χ0n) is 12.8. The normalized spacial score (nSPS) is 17.8. The van der Waals surface area contributed by atoms with Crippen LogP contribution < -0.4 is 5.32 Å². The topological polar surface area (TPSA) is 57.8 Å². The van der Waals surface area contributed by atoms with Gasteiger partial charge in [0.05, 0.1) is 16.9 Å². The smallest absolute Gasteiger partial charge is 0.322 e. The molecule has 4 nitrogen and oxygen atoms in total. The molecule has 1 aromatic heterocycles. The van der Waals surface area contributed by atoms with Gasteiger partial charge >= 0.3 is 6.18 Å². The summed E-state index contributed by atoms with van der Waals surface area (Å²) in [6.07, 6.45) is -0.537. The van der Waals surface area contributed by atoms with E-state index in [0.717, 1.165) is 43.5 Å². The quantitative estimate of drug-likeness (QED) is 0.874. The number of rotatable bonds is 4. The third kappa shape index (κ3) is 2.90. The number of nitrogens with one attached hydrogen (secondary N) is 2. The molecule has 0 saturated heterocycles. The summed E-state index contributed by atoms with van der Waals surface area (Å²) in [5, 5.41) is 10.1. The van der Waals surface area contributed by atoms with E-state index in [0.29, 0.717) is 22.9 Å². The fraction of sp³-hybridized carbons (Fsp3) is 0.412. The van der Waals surface area contributed by atoms with Crippen molar-refractivity contribution in [2.24, 2.45) is 5.92 Å². The van der Waals surface area contributed by atoms with Crippen LogP contribution in [0.15, 0.2) is 24.3 Å². The van der Waals surface area contributed by atoms with Gasteiger partial charge in [0.1, 0.15) is 5.69 Å². The van der Waals surface area contributed by atoms with Gasteiger partial charge in [-0.1, -0.05) is 12.1 Å². The predicted octanol–water partition coefficient (Wildman–Crippen LogP) is 4.32. The van der Waals surface area contributed by atoms with Gasteiger partial charge in [-0.3, -0.25) is 9.89 Å². The van der Waals surface area contributed by atoms with Gasteiger partial charge in [0.15, 0.2) is 0 Å². The summed E-state index contributed by atoms with van der Waals surface area (Å²) in [7, 11) is 0. The van der Waals surface area contributed by atoms with Gasteiger partial charge in [0.2, 0.25) is 5.91 Å². The number of benzene rings is 1. The highest BCUT2D eigenvalue weighted by molar-refractivity contribution is 5.98. The molecule has 2 saturated carbocycles. The summed E-state index contributed by atoms with van der Waals surface area (Å²) in [6.45, 7) is 0. The second kappa shape index (κ2) is 5.36. The van der Waals surface area contributed by atoms with E-state index in [1.165, 1.54) is 12.1 Å². The molecule has 4 rings (SSSR count). The van der Waals surface area contributed by atoms with Crippen molar-refractivity contribution in [3.8, 4) is 11.3 Å². The van der Waals surface area contributed by atoms with Crippen molar-refractivity contribution in [2.75, 3.05) is 5.32 Å². The van der Waals surface area contributed by atoms with Gasteiger partial charge in [0, 0.05) is 17.4 Å². The fourth-order valence-electron chi connectivity index (χ4n) is 2.75. The minimum absolute atomic E-state index is 0.0357. The third-order valence-electron chi connectivity index (χ3n) is 4.46. The summed E-state index contributed by atoms with van der Waals surface area (Å²) < 4.78 is 38.1. The van der Waals surface area contributed by atoms with Crippen LogP contribution in [0.4, 0.5) is 18.9 Å². The zero-order chi connectivity index (χ0) is 16.9. The second-order valence-electron chi connectivity index (χ2n) is 6.47. The zero-order valence-corrected chi connectivity index (χ0v) is 12.8. The first kappa shape index (κ1) is 15.2. The van der Waals surface area contributed by atoms with E-state index in [2.05, 4.69) is 15.5 Å². The maximum absolute atomic E-state index is 12.7. The van der Waals surface area contributed by atoms with Crippen LogP contribution in [0.2, 0.25) is 0 Å². The number of hydrogen-bond acceptors (Lipinski definition) is 2. The summed E-state index contributed by atoms with van der Waals surface area (Å²) in [5.41, 5.74) is 1.85. The lowest BCUT2D eigenvalue weighted by Gasteiger charge is -2.09. The predicted molar refractivity (Wildman–Crippen MR) is 82.4 cm³/mol. The van der Waals surface area contributed by atoms with Gasteiger partial charge in [0.25, 0.3) is 0 Å². The number of amides is 1. The van der Waals surface area contributed by atoms with Crippen molar-refractivity contribution in [3.63, 3.8) is 0 Å². The van der Waals surface area contributed by atoms with E-state index in [4.69, 9.17) is 0 Å². The molecule has 2 aliphatic rings. The molecule has 24 heavy (non-hydrogen) atoms. The number of aromatic amines is 1. The lowest BCUT2D eigenvalue weighted by molar-refractivity contribution is -0.137. The molecule has 2 N–H and O–H groups in total. The maximum atomic E-state index is 12.7. The van der Waals surface area contributed by atoms with Crippen LogP contribution in [0, 0.1) is 5.92 Å². The molecule has 1 aromatic carbocycles. The van der Waals surface area contributed by atoms with E-state index in [-0.39, 0.29) is 11.8 Å². The van der Waals surface area contributed by atoms with E-state index < -0.39 is 11.7 Å². The molecule has 0 atom stereocenters. The highest BCUT2D eigenvalue weighted by atomic mass is 19.4. The molecule has 0 radical (unpaired) electrons. The van der Waals surface area contributed by atoms with Gasteiger partial charge in [-0.05, 0) is 37.8 Å². The highest BCUT2D eigenvalue weighted by Crippen LogP contribution is 2.45. The van der Waals surface area contributed by atoms with Crippen LogP contribution in [0.3, 0.4) is 0 Å². The average Bonchev–Trinajstić information content (AvgIpc) is 3.44.